The lowest BCUT2D eigenvalue weighted by Crippen LogP contribution is -2.30. The minimum absolute atomic E-state index is 0.343. The second-order valence-corrected chi connectivity index (χ2v) is 6.84. The number of nitriles is 1. The molecule has 5 heteroatoms. The quantitative estimate of drug-likeness (QED) is 0.593. The molecule has 0 bridgehead atoms. The summed E-state index contributed by atoms with van der Waals surface area (Å²) in [5.74, 6) is -1.04. The molecule has 0 fully saturated rings. The first kappa shape index (κ1) is 20.8. The highest BCUT2D eigenvalue weighted by molar-refractivity contribution is 5.98. The van der Waals surface area contributed by atoms with Crippen LogP contribution in [-0.2, 0) is 22.4 Å². The summed E-state index contributed by atoms with van der Waals surface area (Å²) in [5, 5.41) is 11.8. The zero-order valence-electron chi connectivity index (χ0n) is 16.7. The van der Waals surface area contributed by atoms with Crippen molar-refractivity contribution in [3.63, 3.8) is 0 Å². The lowest BCUT2D eigenvalue weighted by atomic mass is 10.00. The van der Waals surface area contributed by atoms with Crippen molar-refractivity contribution >= 4 is 17.6 Å². The molecule has 0 saturated heterocycles. The third kappa shape index (κ3) is 5.33. The number of nitrogens with zero attached hydrogens (tertiary/aromatic N) is 1. The van der Waals surface area contributed by atoms with Crippen LogP contribution in [0.15, 0.2) is 78.9 Å². The van der Waals surface area contributed by atoms with Crippen molar-refractivity contribution in [3.05, 3.63) is 101 Å². The molecule has 1 unspecified atom stereocenters. The molecule has 3 aromatic rings. The van der Waals surface area contributed by atoms with Gasteiger partial charge in [-0.3, -0.25) is 4.79 Å². The number of carbonyl (C=O) groups excluding carboxylic acids is 2. The number of ether oxygens (including phenoxy) is 1. The lowest BCUT2D eigenvalue weighted by Gasteiger charge is -2.15. The fourth-order valence-corrected chi connectivity index (χ4v) is 3.06. The largest absolute Gasteiger partial charge is 0.449 e. The van der Waals surface area contributed by atoms with E-state index in [0.717, 1.165) is 12.0 Å². The summed E-state index contributed by atoms with van der Waals surface area (Å²) in [6, 6.07) is 26.0. The number of nitrogens with one attached hydrogen (secondary N) is 1. The maximum absolute atomic E-state index is 12.7. The Morgan fingerprint density at radius 2 is 1.60 bits per heavy atom. The molecule has 5 nitrogen and oxygen atoms in total. The van der Waals surface area contributed by atoms with Crippen LogP contribution in [0.2, 0.25) is 0 Å². The predicted molar refractivity (Wildman–Crippen MR) is 115 cm³/mol. The van der Waals surface area contributed by atoms with Gasteiger partial charge in [-0.1, -0.05) is 60.7 Å². The highest BCUT2D eigenvalue weighted by Crippen LogP contribution is 2.17. The van der Waals surface area contributed by atoms with Crippen molar-refractivity contribution < 1.29 is 14.3 Å². The summed E-state index contributed by atoms with van der Waals surface area (Å²) >= 11 is 0. The van der Waals surface area contributed by atoms with Crippen LogP contribution in [0, 0.1) is 11.3 Å². The number of amides is 1. The standard InChI is InChI=1S/C25H22N2O3/c1-18(24(28)27-23-14-8-6-12-21(23)17-26)30-25(29)22-13-7-5-11-20(22)16-15-19-9-3-2-4-10-19/h2-14,18H,15-16H2,1H3,(H,27,28). The highest BCUT2D eigenvalue weighted by Gasteiger charge is 2.21. The van der Waals surface area contributed by atoms with E-state index in [1.807, 2.05) is 48.5 Å². The molecule has 0 heterocycles. The molecule has 3 rings (SSSR count). The summed E-state index contributed by atoms with van der Waals surface area (Å²) in [4.78, 5) is 25.2. The van der Waals surface area contributed by atoms with Crippen molar-refractivity contribution in [2.24, 2.45) is 0 Å². The monoisotopic (exact) mass is 398 g/mol. The van der Waals surface area contributed by atoms with Gasteiger partial charge in [0.15, 0.2) is 6.10 Å². The number of hydrogen-bond acceptors (Lipinski definition) is 4. The maximum atomic E-state index is 12.7. The number of esters is 1. The van der Waals surface area contributed by atoms with Crippen LogP contribution in [0.3, 0.4) is 0 Å². The molecule has 0 radical (unpaired) electrons. The molecule has 3 aromatic carbocycles. The fourth-order valence-electron chi connectivity index (χ4n) is 3.06. The van der Waals surface area contributed by atoms with Gasteiger partial charge in [-0.05, 0) is 49.1 Å². The first-order valence-corrected chi connectivity index (χ1v) is 9.71. The third-order valence-corrected chi connectivity index (χ3v) is 4.72. The summed E-state index contributed by atoms with van der Waals surface area (Å²) in [5.41, 5.74) is 3.23. The van der Waals surface area contributed by atoms with Gasteiger partial charge in [0.05, 0.1) is 16.8 Å². The molecule has 1 amide bonds. The van der Waals surface area contributed by atoms with E-state index >= 15 is 0 Å². The van der Waals surface area contributed by atoms with Gasteiger partial charge in [0.1, 0.15) is 6.07 Å². The van der Waals surface area contributed by atoms with Crippen molar-refractivity contribution in [1.29, 1.82) is 5.26 Å². The molecule has 0 spiro atoms. The molecule has 0 aliphatic rings. The summed E-state index contributed by atoms with van der Waals surface area (Å²) in [7, 11) is 0. The van der Waals surface area contributed by atoms with E-state index in [2.05, 4.69) is 5.32 Å². The van der Waals surface area contributed by atoms with Crippen LogP contribution >= 0.6 is 0 Å². The van der Waals surface area contributed by atoms with Crippen molar-refractivity contribution in [2.45, 2.75) is 25.9 Å². The van der Waals surface area contributed by atoms with Crippen LogP contribution in [0.4, 0.5) is 5.69 Å². The molecule has 0 aliphatic heterocycles. The van der Waals surface area contributed by atoms with Gasteiger partial charge in [-0.25, -0.2) is 4.79 Å². The molecule has 0 aromatic heterocycles. The molecule has 0 saturated carbocycles. The number of carbonyl (C=O) groups is 2. The van der Waals surface area contributed by atoms with Crippen molar-refractivity contribution in [1.82, 2.24) is 0 Å². The lowest BCUT2D eigenvalue weighted by molar-refractivity contribution is -0.123. The zero-order valence-corrected chi connectivity index (χ0v) is 16.7. The van der Waals surface area contributed by atoms with Gasteiger partial charge in [0.2, 0.25) is 0 Å². The van der Waals surface area contributed by atoms with E-state index in [1.54, 1.807) is 36.4 Å². The molecular weight excluding hydrogens is 376 g/mol. The number of hydrogen-bond donors (Lipinski definition) is 1. The van der Waals surface area contributed by atoms with Gasteiger partial charge >= 0.3 is 5.97 Å². The van der Waals surface area contributed by atoms with Crippen LogP contribution < -0.4 is 5.32 Å². The second kappa shape index (κ2) is 10.0. The Balaban J connectivity index is 1.65. The fraction of sp³-hybridized carbons (Fsp3) is 0.160. The van der Waals surface area contributed by atoms with Crippen LogP contribution in [0.1, 0.15) is 34.0 Å². The Labute approximate surface area is 175 Å². The van der Waals surface area contributed by atoms with Gasteiger partial charge in [-0.2, -0.15) is 5.26 Å². The maximum Gasteiger partial charge on any atom is 0.339 e. The Kier molecular flexibility index (Phi) is 6.96. The summed E-state index contributed by atoms with van der Waals surface area (Å²) in [6.45, 7) is 1.51. The minimum Gasteiger partial charge on any atom is -0.449 e. The third-order valence-electron chi connectivity index (χ3n) is 4.72. The van der Waals surface area contributed by atoms with Gasteiger partial charge < -0.3 is 10.1 Å². The number of anilines is 1. The Hall–Kier alpha value is -3.91. The summed E-state index contributed by atoms with van der Waals surface area (Å²) in [6.07, 6.45) is 0.476. The average molecular weight is 398 g/mol. The average Bonchev–Trinajstić information content (AvgIpc) is 2.78. The normalized spacial score (nSPS) is 11.2. The van der Waals surface area contributed by atoms with E-state index in [9.17, 15) is 9.59 Å². The number of benzene rings is 3. The first-order valence-electron chi connectivity index (χ1n) is 9.71. The van der Waals surface area contributed by atoms with E-state index in [-0.39, 0.29) is 0 Å². The zero-order chi connectivity index (χ0) is 21.3. The second-order valence-electron chi connectivity index (χ2n) is 6.84. The highest BCUT2D eigenvalue weighted by atomic mass is 16.5. The van der Waals surface area contributed by atoms with Crippen molar-refractivity contribution in [2.75, 3.05) is 5.32 Å². The number of aryl methyl sites for hydroxylation is 2. The topological polar surface area (TPSA) is 79.2 Å². The van der Waals surface area contributed by atoms with E-state index in [0.29, 0.717) is 23.2 Å². The Bertz CT molecular complexity index is 1070. The van der Waals surface area contributed by atoms with Gasteiger partial charge in [0.25, 0.3) is 5.91 Å². The van der Waals surface area contributed by atoms with E-state index in [4.69, 9.17) is 10.00 Å². The minimum atomic E-state index is -1.01. The molecule has 30 heavy (non-hydrogen) atoms. The van der Waals surface area contributed by atoms with Crippen LogP contribution in [-0.4, -0.2) is 18.0 Å². The predicted octanol–water partition coefficient (Wildman–Crippen LogP) is 4.53. The Morgan fingerprint density at radius 1 is 0.933 bits per heavy atom. The molecule has 0 aliphatic carbocycles. The molecule has 1 atom stereocenters. The Morgan fingerprint density at radius 3 is 2.37 bits per heavy atom. The molecule has 1 N–H and O–H groups in total. The SMILES string of the molecule is CC(OC(=O)c1ccccc1CCc1ccccc1)C(=O)Nc1ccccc1C#N. The summed E-state index contributed by atoms with van der Waals surface area (Å²) < 4.78 is 5.40. The van der Waals surface area contributed by atoms with Crippen LogP contribution in [0.5, 0.6) is 0 Å². The van der Waals surface area contributed by atoms with Crippen molar-refractivity contribution in [3.8, 4) is 6.07 Å². The molecular formula is C25H22N2O3. The van der Waals surface area contributed by atoms with E-state index in [1.165, 1.54) is 12.5 Å². The van der Waals surface area contributed by atoms with Crippen LogP contribution in [0.25, 0.3) is 0 Å². The van der Waals surface area contributed by atoms with Gasteiger partial charge in [-0.15, -0.1) is 0 Å². The first-order chi connectivity index (χ1) is 14.6. The van der Waals surface area contributed by atoms with E-state index < -0.39 is 18.0 Å². The number of para-hydroxylation sites is 1. The smallest absolute Gasteiger partial charge is 0.339 e. The molecule has 150 valence electrons. The van der Waals surface area contributed by atoms with Gasteiger partial charge in [0, 0.05) is 0 Å². The number of rotatable bonds is 7.